The van der Waals surface area contributed by atoms with E-state index in [2.05, 4.69) is 10.3 Å². The fraction of sp³-hybridized carbons (Fsp3) is 0.176. The molecule has 0 atom stereocenters. The van der Waals surface area contributed by atoms with E-state index in [1.54, 1.807) is 10.6 Å². The van der Waals surface area contributed by atoms with Crippen LogP contribution in [0.25, 0.3) is 5.65 Å². The Bertz CT molecular complexity index is 997. The van der Waals surface area contributed by atoms with Crippen LogP contribution in [-0.2, 0) is 6.42 Å². The second-order valence-corrected chi connectivity index (χ2v) is 5.93. The van der Waals surface area contributed by atoms with Gasteiger partial charge in [0.05, 0.1) is 10.6 Å². The van der Waals surface area contributed by atoms with Gasteiger partial charge >= 0.3 is 0 Å². The standard InChI is InChI=1S/C17H15ClN4O3/c1-3-13-15(21-8-4-5-10(2)16(21)20-13)17(23)19-11-6-7-12(18)14(9-11)22(24)25/h4-9H,3H2,1-2H3,(H,19,23). The molecule has 0 aliphatic carbocycles. The fourth-order valence-electron chi connectivity index (χ4n) is 2.66. The van der Waals surface area contributed by atoms with Crippen molar-refractivity contribution in [1.29, 1.82) is 0 Å². The van der Waals surface area contributed by atoms with Crippen LogP contribution in [0.4, 0.5) is 11.4 Å². The van der Waals surface area contributed by atoms with Gasteiger partial charge in [0, 0.05) is 18.0 Å². The zero-order chi connectivity index (χ0) is 18.1. The number of carbonyl (C=O) groups excluding carboxylic acids is 1. The third kappa shape index (κ3) is 3.06. The van der Waals surface area contributed by atoms with Crippen molar-refractivity contribution in [2.24, 2.45) is 0 Å². The topological polar surface area (TPSA) is 89.5 Å². The minimum absolute atomic E-state index is 0.0164. The molecule has 0 spiro atoms. The molecule has 0 unspecified atom stereocenters. The van der Waals surface area contributed by atoms with Crippen molar-refractivity contribution in [2.75, 3.05) is 5.32 Å². The van der Waals surface area contributed by atoms with Crippen molar-refractivity contribution >= 4 is 34.5 Å². The molecule has 0 aliphatic heterocycles. The van der Waals surface area contributed by atoms with Gasteiger partial charge in [0.2, 0.25) is 0 Å². The molecule has 7 nitrogen and oxygen atoms in total. The first-order valence-electron chi connectivity index (χ1n) is 7.64. The van der Waals surface area contributed by atoms with Crippen LogP contribution in [0.3, 0.4) is 0 Å². The molecule has 0 aliphatic rings. The normalized spacial score (nSPS) is 10.8. The molecule has 3 aromatic rings. The smallest absolute Gasteiger partial charge is 0.289 e. The summed E-state index contributed by atoms with van der Waals surface area (Å²) >= 11 is 5.80. The van der Waals surface area contributed by atoms with Crippen LogP contribution in [0.5, 0.6) is 0 Å². The summed E-state index contributed by atoms with van der Waals surface area (Å²) in [5.41, 5.74) is 2.79. The number of halogens is 1. The molecule has 2 aromatic heterocycles. The summed E-state index contributed by atoms with van der Waals surface area (Å²) in [7, 11) is 0. The molecule has 0 fully saturated rings. The van der Waals surface area contributed by atoms with Gasteiger partial charge in [0.25, 0.3) is 11.6 Å². The molecule has 0 saturated heterocycles. The maximum absolute atomic E-state index is 12.8. The monoisotopic (exact) mass is 358 g/mol. The summed E-state index contributed by atoms with van der Waals surface area (Å²) in [4.78, 5) is 27.7. The van der Waals surface area contributed by atoms with Crippen LogP contribution in [0.2, 0.25) is 5.02 Å². The molecule has 8 heteroatoms. The number of nitrogens with one attached hydrogen (secondary N) is 1. The second kappa shape index (κ2) is 6.52. The van der Waals surface area contributed by atoms with Crippen LogP contribution < -0.4 is 5.32 Å². The predicted octanol–water partition coefficient (Wildman–Crippen LogP) is 4.02. The third-order valence-electron chi connectivity index (χ3n) is 3.87. The van der Waals surface area contributed by atoms with E-state index in [4.69, 9.17) is 11.6 Å². The summed E-state index contributed by atoms with van der Waals surface area (Å²) in [5, 5.41) is 13.7. The van der Waals surface area contributed by atoms with Gasteiger partial charge in [-0.1, -0.05) is 24.6 Å². The summed E-state index contributed by atoms with van der Waals surface area (Å²) in [5.74, 6) is -0.383. The number of aromatic nitrogens is 2. The zero-order valence-corrected chi connectivity index (χ0v) is 14.4. The van der Waals surface area contributed by atoms with Crippen molar-refractivity contribution in [3.05, 3.63) is 68.6 Å². The molecule has 1 N–H and O–H groups in total. The third-order valence-corrected chi connectivity index (χ3v) is 4.19. The van der Waals surface area contributed by atoms with Crippen molar-refractivity contribution in [3.8, 4) is 0 Å². The van der Waals surface area contributed by atoms with Crippen LogP contribution in [-0.4, -0.2) is 20.2 Å². The van der Waals surface area contributed by atoms with Crippen LogP contribution in [0.15, 0.2) is 36.5 Å². The summed E-state index contributed by atoms with van der Waals surface area (Å²) in [6, 6.07) is 7.90. The molecule has 2 heterocycles. The number of benzene rings is 1. The Balaban J connectivity index is 2.02. The fourth-order valence-corrected chi connectivity index (χ4v) is 2.85. The lowest BCUT2D eigenvalue weighted by Gasteiger charge is -2.07. The molecular weight excluding hydrogens is 344 g/mol. The quantitative estimate of drug-likeness (QED) is 0.563. The van der Waals surface area contributed by atoms with Gasteiger partial charge < -0.3 is 5.32 Å². The van der Waals surface area contributed by atoms with E-state index in [9.17, 15) is 14.9 Å². The number of anilines is 1. The second-order valence-electron chi connectivity index (χ2n) is 5.52. The van der Waals surface area contributed by atoms with E-state index < -0.39 is 4.92 Å². The van der Waals surface area contributed by atoms with E-state index in [0.29, 0.717) is 29.1 Å². The zero-order valence-electron chi connectivity index (χ0n) is 13.6. The minimum atomic E-state index is -0.590. The lowest BCUT2D eigenvalue weighted by atomic mass is 10.2. The van der Waals surface area contributed by atoms with E-state index in [0.717, 1.165) is 5.56 Å². The number of hydrogen-bond donors (Lipinski definition) is 1. The Hall–Kier alpha value is -2.93. The maximum atomic E-state index is 12.8. The van der Waals surface area contributed by atoms with Crippen molar-refractivity contribution in [2.45, 2.75) is 20.3 Å². The van der Waals surface area contributed by atoms with Gasteiger partial charge in [0.1, 0.15) is 16.4 Å². The van der Waals surface area contributed by atoms with Gasteiger partial charge in [-0.3, -0.25) is 19.3 Å². The Morgan fingerprint density at radius 2 is 2.16 bits per heavy atom. The highest BCUT2D eigenvalue weighted by molar-refractivity contribution is 6.32. The van der Waals surface area contributed by atoms with E-state index in [-0.39, 0.29) is 16.6 Å². The summed E-state index contributed by atoms with van der Waals surface area (Å²) in [6.07, 6.45) is 2.36. The molecule has 0 radical (unpaired) electrons. The largest absolute Gasteiger partial charge is 0.320 e. The molecular formula is C17H15ClN4O3. The van der Waals surface area contributed by atoms with Gasteiger partial charge in [-0.2, -0.15) is 0 Å². The molecule has 128 valence electrons. The number of nitro benzene ring substituents is 1. The highest BCUT2D eigenvalue weighted by Gasteiger charge is 2.20. The summed E-state index contributed by atoms with van der Waals surface area (Å²) < 4.78 is 1.73. The van der Waals surface area contributed by atoms with E-state index >= 15 is 0 Å². The first kappa shape index (κ1) is 16.9. The number of hydrogen-bond acceptors (Lipinski definition) is 4. The highest BCUT2D eigenvalue weighted by Crippen LogP contribution is 2.28. The number of nitro groups is 1. The average molecular weight is 359 g/mol. The van der Waals surface area contributed by atoms with Gasteiger partial charge in [-0.25, -0.2) is 4.98 Å². The number of pyridine rings is 1. The lowest BCUT2D eigenvalue weighted by molar-refractivity contribution is -0.384. The van der Waals surface area contributed by atoms with Crippen LogP contribution in [0.1, 0.15) is 28.7 Å². The molecule has 25 heavy (non-hydrogen) atoms. The molecule has 1 aromatic carbocycles. The van der Waals surface area contributed by atoms with Crippen molar-refractivity contribution < 1.29 is 9.72 Å². The van der Waals surface area contributed by atoms with Gasteiger partial charge in [-0.05, 0) is 37.1 Å². The number of fused-ring (bicyclic) bond motifs is 1. The molecule has 1 amide bonds. The van der Waals surface area contributed by atoms with E-state index in [1.165, 1.54) is 18.2 Å². The minimum Gasteiger partial charge on any atom is -0.320 e. The lowest BCUT2D eigenvalue weighted by Crippen LogP contribution is -2.16. The maximum Gasteiger partial charge on any atom is 0.289 e. The molecule has 0 bridgehead atoms. The SMILES string of the molecule is CCc1nc2c(C)cccn2c1C(=O)Nc1ccc(Cl)c([N+](=O)[O-])c1. The Morgan fingerprint density at radius 1 is 1.40 bits per heavy atom. The van der Waals surface area contributed by atoms with E-state index in [1.807, 2.05) is 26.0 Å². The van der Waals surface area contributed by atoms with Crippen molar-refractivity contribution in [3.63, 3.8) is 0 Å². The van der Waals surface area contributed by atoms with Gasteiger partial charge in [-0.15, -0.1) is 0 Å². The first-order valence-corrected chi connectivity index (χ1v) is 8.02. The van der Waals surface area contributed by atoms with Crippen LogP contribution >= 0.6 is 11.6 Å². The van der Waals surface area contributed by atoms with Crippen LogP contribution in [0, 0.1) is 17.0 Å². The average Bonchev–Trinajstić information content (AvgIpc) is 2.96. The number of amides is 1. The highest BCUT2D eigenvalue weighted by atomic mass is 35.5. The number of nitrogens with zero attached hydrogens (tertiary/aromatic N) is 3. The molecule has 0 saturated carbocycles. The Kier molecular flexibility index (Phi) is 4.41. The van der Waals surface area contributed by atoms with Gasteiger partial charge in [0.15, 0.2) is 0 Å². The predicted molar refractivity (Wildman–Crippen MR) is 95.4 cm³/mol. The number of carbonyl (C=O) groups is 1. The number of rotatable bonds is 4. The van der Waals surface area contributed by atoms with Crippen molar-refractivity contribution in [1.82, 2.24) is 9.38 Å². The Labute approximate surface area is 148 Å². The number of imidazole rings is 1. The molecule has 3 rings (SSSR count). The first-order chi connectivity index (χ1) is 11.9. The summed E-state index contributed by atoms with van der Waals surface area (Å²) in [6.45, 7) is 3.84. The number of aryl methyl sites for hydroxylation is 2. The Morgan fingerprint density at radius 3 is 2.84 bits per heavy atom.